The lowest BCUT2D eigenvalue weighted by Gasteiger charge is -1.97. The van der Waals surface area contributed by atoms with E-state index < -0.39 is 0 Å². The molecule has 1 heterocycles. The highest BCUT2D eigenvalue weighted by Gasteiger charge is 1.93. The first-order valence-corrected chi connectivity index (χ1v) is 2.64. The quantitative estimate of drug-likeness (QED) is 0.548. The fourth-order valence-corrected chi connectivity index (χ4v) is 0.574. The average molecular weight is 126 g/mol. The molecule has 0 atom stereocenters. The van der Waals surface area contributed by atoms with Crippen molar-refractivity contribution >= 4 is 5.82 Å². The maximum absolute atomic E-state index is 8.43. The van der Waals surface area contributed by atoms with Gasteiger partial charge in [-0.3, -0.25) is 0 Å². The van der Waals surface area contributed by atoms with E-state index in [1.807, 2.05) is 0 Å². The van der Waals surface area contributed by atoms with Gasteiger partial charge in [-0.1, -0.05) is 0 Å². The molecule has 0 bridgehead atoms. The molecule has 0 spiro atoms. The van der Waals surface area contributed by atoms with Crippen LogP contribution >= 0.6 is 0 Å². The summed E-state index contributed by atoms with van der Waals surface area (Å²) in [6, 6.07) is 2.67. The minimum absolute atomic E-state index is 0.0553. The summed E-state index contributed by atoms with van der Waals surface area (Å²) in [5.41, 5.74) is 5.36. The van der Waals surface area contributed by atoms with Gasteiger partial charge in [-0.05, 0) is 0 Å². The van der Waals surface area contributed by atoms with Crippen LogP contribution < -0.4 is 5.73 Å². The third-order valence-corrected chi connectivity index (χ3v) is 0.999. The molecule has 3 N–H and O–H groups in total. The summed E-state index contributed by atoms with van der Waals surface area (Å²) in [7, 11) is 0. The van der Waals surface area contributed by atoms with Gasteiger partial charge in [0.2, 0.25) is 0 Å². The van der Waals surface area contributed by atoms with Crippen LogP contribution in [0.3, 0.4) is 0 Å². The molecule has 4 heteroatoms. The number of nitrogens with zero attached hydrogens (tertiary/aromatic N) is 2. The van der Waals surface area contributed by atoms with Crippen molar-refractivity contribution in [1.29, 1.82) is 0 Å². The molecular weight excluding hydrogens is 118 g/mol. The molecular formula is C5H8N3O. The predicted molar refractivity (Wildman–Crippen MR) is 32.6 cm³/mol. The molecule has 1 aromatic heterocycles. The molecule has 0 aliphatic carbocycles. The Bertz CT molecular complexity index is 184. The third-order valence-electron chi connectivity index (χ3n) is 0.999. The fraction of sp³-hybridized carbons (Fsp3) is 0.400. The number of aliphatic hydroxyl groups is 1. The van der Waals surface area contributed by atoms with Crippen LogP contribution in [-0.4, -0.2) is 21.5 Å². The lowest BCUT2D eigenvalue weighted by atomic mass is 10.6. The summed E-state index contributed by atoms with van der Waals surface area (Å²) in [4.78, 5) is 0. The number of rotatable bonds is 2. The monoisotopic (exact) mass is 126 g/mol. The number of anilines is 1. The zero-order chi connectivity index (χ0) is 6.69. The Balaban J connectivity index is 2.69. The molecule has 1 radical (unpaired) electrons. The van der Waals surface area contributed by atoms with E-state index in [0.29, 0.717) is 12.4 Å². The zero-order valence-electron chi connectivity index (χ0n) is 4.91. The molecule has 9 heavy (non-hydrogen) atoms. The Labute approximate surface area is 52.9 Å². The van der Waals surface area contributed by atoms with Crippen molar-refractivity contribution in [2.24, 2.45) is 0 Å². The number of hydrogen-bond donors (Lipinski definition) is 2. The van der Waals surface area contributed by atoms with Gasteiger partial charge in [0.15, 0.2) is 0 Å². The van der Waals surface area contributed by atoms with E-state index in [1.54, 1.807) is 0 Å². The van der Waals surface area contributed by atoms with Crippen LogP contribution in [0.25, 0.3) is 0 Å². The molecule has 1 aromatic rings. The number of aromatic nitrogens is 2. The number of hydrogen-bond acceptors (Lipinski definition) is 3. The van der Waals surface area contributed by atoms with Crippen molar-refractivity contribution in [2.45, 2.75) is 6.54 Å². The highest BCUT2D eigenvalue weighted by atomic mass is 16.3. The van der Waals surface area contributed by atoms with E-state index in [2.05, 4.69) is 11.2 Å². The first-order chi connectivity index (χ1) is 4.34. The molecule has 0 fully saturated rings. The van der Waals surface area contributed by atoms with Gasteiger partial charge < -0.3 is 10.8 Å². The van der Waals surface area contributed by atoms with E-state index in [-0.39, 0.29) is 6.61 Å². The van der Waals surface area contributed by atoms with E-state index in [4.69, 9.17) is 10.8 Å². The van der Waals surface area contributed by atoms with E-state index >= 15 is 0 Å². The Morgan fingerprint density at radius 2 is 2.67 bits per heavy atom. The highest BCUT2D eigenvalue weighted by Crippen LogP contribution is 1.96. The third kappa shape index (κ3) is 1.20. The smallest absolute Gasteiger partial charge is 0.129 e. The van der Waals surface area contributed by atoms with Gasteiger partial charge in [-0.25, -0.2) is 4.68 Å². The first kappa shape index (κ1) is 6.10. The largest absolute Gasteiger partial charge is 0.394 e. The predicted octanol–water partition coefficient (Wildman–Crippen LogP) is -0.742. The molecule has 0 aromatic carbocycles. The standard InChI is InChI=1S/C5H8N3O/c6-5-1-2-7-8(5)3-4-9/h2,9H,3-4,6H2. The van der Waals surface area contributed by atoms with Crippen LogP contribution in [0.4, 0.5) is 5.82 Å². The van der Waals surface area contributed by atoms with E-state index in [9.17, 15) is 0 Å². The SMILES string of the molecule is Nc1[c]cnn1CCO. The van der Waals surface area contributed by atoms with Gasteiger partial charge in [-0.2, -0.15) is 5.10 Å². The lowest BCUT2D eigenvalue weighted by Crippen LogP contribution is -2.06. The number of nitrogens with two attached hydrogens (primary N) is 1. The van der Waals surface area contributed by atoms with Crippen LogP contribution in [0, 0.1) is 6.07 Å². The molecule has 0 aliphatic heterocycles. The minimum atomic E-state index is 0.0553. The maximum atomic E-state index is 8.43. The lowest BCUT2D eigenvalue weighted by molar-refractivity contribution is 0.270. The molecule has 0 amide bonds. The van der Waals surface area contributed by atoms with Gasteiger partial charge in [0.05, 0.1) is 19.3 Å². The summed E-state index contributed by atoms with van der Waals surface area (Å²) >= 11 is 0. The summed E-state index contributed by atoms with van der Waals surface area (Å²) in [5.74, 6) is 0.462. The maximum Gasteiger partial charge on any atom is 0.129 e. The van der Waals surface area contributed by atoms with Gasteiger partial charge in [0.1, 0.15) is 5.82 Å². The van der Waals surface area contributed by atoms with Crippen LogP contribution in [0.5, 0.6) is 0 Å². The molecule has 0 saturated carbocycles. The second-order valence-electron chi connectivity index (χ2n) is 1.62. The van der Waals surface area contributed by atoms with Crippen molar-refractivity contribution in [3.63, 3.8) is 0 Å². The van der Waals surface area contributed by atoms with E-state index in [0.717, 1.165) is 0 Å². The molecule has 49 valence electrons. The van der Waals surface area contributed by atoms with Crippen molar-refractivity contribution < 1.29 is 5.11 Å². The Morgan fingerprint density at radius 1 is 1.89 bits per heavy atom. The van der Waals surface area contributed by atoms with Crippen molar-refractivity contribution in [3.05, 3.63) is 12.3 Å². The zero-order valence-corrected chi connectivity index (χ0v) is 4.91. The Kier molecular flexibility index (Phi) is 1.69. The number of aliphatic hydroxyl groups excluding tert-OH is 1. The van der Waals surface area contributed by atoms with Crippen LogP contribution in [0.1, 0.15) is 0 Å². The summed E-state index contributed by atoms with van der Waals surface area (Å²) in [6.45, 7) is 0.495. The van der Waals surface area contributed by atoms with Gasteiger partial charge in [-0.15, -0.1) is 0 Å². The molecule has 4 nitrogen and oxygen atoms in total. The van der Waals surface area contributed by atoms with Gasteiger partial charge in [0.25, 0.3) is 0 Å². The van der Waals surface area contributed by atoms with Crippen molar-refractivity contribution in [1.82, 2.24) is 9.78 Å². The van der Waals surface area contributed by atoms with Gasteiger partial charge in [0, 0.05) is 6.07 Å². The first-order valence-electron chi connectivity index (χ1n) is 2.64. The Hall–Kier alpha value is -1.03. The average Bonchev–Trinajstić information content (AvgIpc) is 2.18. The molecule has 0 aliphatic rings. The second kappa shape index (κ2) is 2.50. The minimum Gasteiger partial charge on any atom is -0.394 e. The summed E-state index contributed by atoms with van der Waals surface area (Å²) < 4.78 is 1.49. The fourth-order valence-electron chi connectivity index (χ4n) is 0.574. The second-order valence-corrected chi connectivity index (χ2v) is 1.62. The van der Waals surface area contributed by atoms with Crippen LogP contribution in [0.2, 0.25) is 0 Å². The normalized spacial score (nSPS) is 9.89. The number of nitrogen functional groups attached to an aromatic ring is 1. The summed E-state index contributed by atoms with van der Waals surface area (Å²) in [5, 5.41) is 12.2. The summed E-state index contributed by atoms with van der Waals surface area (Å²) in [6.07, 6.45) is 1.48. The highest BCUT2D eigenvalue weighted by molar-refractivity contribution is 5.23. The molecule has 0 unspecified atom stereocenters. The molecule has 1 rings (SSSR count). The topological polar surface area (TPSA) is 64.1 Å². The van der Waals surface area contributed by atoms with Crippen LogP contribution in [0.15, 0.2) is 6.20 Å². The van der Waals surface area contributed by atoms with Gasteiger partial charge >= 0.3 is 0 Å². The van der Waals surface area contributed by atoms with E-state index in [1.165, 1.54) is 10.9 Å². The Morgan fingerprint density at radius 3 is 3.11 bits per heavy atom. The van der Waals surface area contributed by atoms with Crippen molar-refractivity contribution in [3.8, 4) is 0 Å². The van der Waals surface area contributed by atoms with Crippen molar-refractivity contribution in [2.75, 3.05) is 12.3 Å². The molecule has 0 saturated heterocycles. The van der Waals surface area contributed by atoms with Crippen LogP contribution in [-0.2, 0) is 6.54 Å².